The third-order valence-electron chi connectivity index (χ3n) is 3.65. The topological polar surface area (TPSA) is 49.3 Å². The van der Waals surface area contributed by atoms with E-state index in [0.717, 1.165) is 31.2 Å². The molecule has 4 nitrogen and oxygen atoms in total. The Labute approximate surface area is 162 Å². The van der Waals surface area contributed by atoms with Crippen LogP contribution in [0.25, 0.3) is 0 Å². The van der Waals surface area contributed by atoms with Gasteiger partial charge in [-0.2, -0.15) is 0 Å². The van der Waals surface area contributed by atoms with Crippen LogP contribution < -0.4 is 10.6 Å². The Bertz CT molecular complexity index is 641. The van der Waals surface area contributed by atoms with Crippen molar-refractivity contribution in [3.8, 4) is 0 Å². The Balaban J connectivity index is 0.00000288. The number of nitrogens with one attached hydrogen (secondary N) is 2. The van der Waals surface area contributed by atoms with E-state index >= 15 is 0 Å². The van der Waals surface area contributed by atoms with Crippen LogP contribution in [-0.4, -0.2) is 24.0 Å². The fraction of sp³-hybridized carbons (Fsp3) is 0.368. The standard InChI is InChI=1S/C19H26N4.HI/c1-4-20-19(23-14-18-7-5-6-11-21-18)22-12-10-17-9-8-15(2)13-16(17)3;/h5-9,11,13H,4,10,12,14H2,1-3H3,(H2,20,22,23);1H. The van der Waals surface area contributed by atoms with E-state index in [-0.39, 0.29) is 24.0 Å². The lowest BCUT2D eigenvalue weighted by molar-refractivity contribution is 0.794. The molecule has 0 saturated carbocycles. The van der Waals surface area contributed by atoms with Gasteiger partial charge in [0, 0.05) is 19.3 Å². The normalized spacial score (nSPS) is 10.9. The Hall–Kier alpha value is -1.63. The summed E-state index contributed by atoms with van der Waals surface area (Å²) in [5.74, 6) is 0.836. The highest BCUT2D eigenvalue weighted by Crippen LogP contribution is 2.10. The number of halogens is 1. The third-order valence-corrected chi connectivity index (χ3v) is 3.65. The summed E-state index contributed by atoms with van der Waals surface area (Å²) in [7, 11) is 0. The van der Waals surface area contributed by atoms with Crippen molar-refractivity contribution >= 4 is 29.9 Å². The molecule has 1 heterocycles. The first kappa shape index (κ1) is 20.4. The highest BCUT2D eigenvalue weighted by Gasteiger charge is 2.01. The SMILES string of the molecule is CCNC(=NCc1ccccn1)NCCc1ccc(C)cc1C.I. The van der Waals surface area contributed by atoms with E-state index in [2.05, 4.69) is 59.6 Å². The van der Waals surface area contributed by atoms with Crippen LogP contribution in [0.2, 0.25) is 0 Å². The molecule has 130 valence electrons. The zero-order valence-electron chi connectivity index (χ0n) is 14.7. The summed E-state index contributed by atoms with van der Waals surface area (Å²) in [5, 5.41) is 6.67. The second-order valence-electron chi connectivity index (χ2n) is 5.62. The molecule has 0 aliphatic carbocycles. The molecule has 0 aliphatic heterocycles. The molecule has 1 aromatic heterocycles. The van der Waals surface area contributed by atoms with Crippen molar-refractivity contribution in [2.45, 2.75) is 33.7 Å². The highest BCUT2D eigenvalue weighted by molar-refractivity contribution is 14.0. The number of aliphatic imine (C=N–C) groups is 1. The van der Waals surface area contributed by atoms with Crippen LogP contribution in [0.5, 0.6) is 0 Å². The summed E-state index contributed by atoms with van der Waals surface area (Å²) in [6.45, 7) is 8.66. The number of aryl methyl sites for hydroxylation is 2. The summed E-state index contributed by atoms with van der Waals surface area (Å²) in [6, 6.07) is 12.5. The van der Waals surface area contributed by atoms with Crippen LogP contribution in [0.1, 0.15) is 29.3 Å². The van der Waals surface area contributed by atoms with Gasteiger partial charge in [0.05, 0.1) is 12.2 Å². The molecule has 2 N–H and O–H groups in total. The summed E-state index contributed by atoms with van der Waals surface area (Å²) >= 11 is 0. The van der Waals surface area contributed by atoms with Gasteiger partial charge in [0.15, 0.2) is 5.96 Å². The zero-order valence-corrected chi connectivity index (χ0v) is 17.0. The summed E-state index contributed by atoms with van der Waals surface area (Å²) in [5.41, 5.74) is 5.01. The minimum atomic E-state index is 0. The molecule has 0 saturated heterocycles. The molecule has 0 unspecified atom stereocenters. The quantitative estimate of drug-likeness (QED) is 0.412. The van der Waals surface area contributed by atoms with Crippen molar-refractivity contribution in [3.63, 3.8) is 0 Å². The van der Waals surface area contributed by atoms with E-state index in [0.29, 0.717) is 6.54 Å². The second-order valence-corrected chi connectivity index (χ2v) is 5.62. The highest BCUT2D eigenvalue weighted by atomic mass is 127. The first-order valence-corrected chi connectivity index (χ1v) is 8.17. The van der Waals surface area contributed by atoms with Crippen LogP contribution in [0.4, 0.5) is 0 Å². The maximum Gasteiger partial charge on any atom is 0.191 e. The number of rotatable bonds is 6. The molecular weight excluding hydrogens is 411 g/mol. The lowest BCUT2D eigenvalue weighted by Crippen LogP contribution is -2.38. The van der Waals surface area contributed by atoms with Gasteiger partial charge in [-0.05, 0) is 50.5 Å². The number of guanidine groups is 1. The lowest BCUT2D eigenvalue weighted by Gasteiger charge is -2.12. The number of benzene rings is 1. The molecule has 0 aliphatic rings. The van der Waals surface area contributed by atoms with Crippen molar-refractivity contribution in [3.05, 3.63) is 65.0 Å². The van der Waals surface area contributed by atoms with Crippen LogP contribution in [0.15, 0.2) is 47.6 Å². The minimum absolute atomic E-state index is 0. The predicted molar refractivity (Wildman–Crippen MR) is 112 cm³/mol. The molecular formula is C19H27IN4. The number of pyridine rings is 1. The van der Waals surface area contributed by atoms with E-state index in [9.17, 15) is 0 Å². The van der Waals surface area contributed by atoms with E-state index in [1.54, 1.807) is 6.20 Å². The van der Waals surface area contributed by atoms with Crippen LogP contribution in [-0.2, 0) is 13.0 Å². The average Bonchev–Trinajstić information content (AvgIpc) is 2.55. The van der Waals surface area contributed by atoms with Crippen molar-refractivity contribution in [2.24, 2.45) is 4.99 Å². The van der Waals surface area contributed by atoms with Crippen LogP contribution in [0.3, 0.4) is 0 Å². The Morgan fingerprint density at radius 2 is 1.96 bits per heavy atom. The van der Waals surface area contributed by atoms with E-state index in [4.69, 9.17) is 0 Å². The average molecular weight is 438 g/mol. The summed E-state index contributed by atoms with van der Waals surface area (Å²) < 4.78 is 0. The molecule has 0 bridgehead atoms. The van der Waals surface area contributed by atoms with Gasteiger partial charge in [-0.1, -0.05) is 29.8 Å². The Morgan fingerprint density at radius 3 is 2.62 bits per heavy atom. The largest absolute Gasteiger partial charge is 0.357 e. The fourth-order valence-corrected chi connectivity index (χ4v) is 2.44. The molecule has 5 heteroatoms. The van der Waals surface area contributed by atoms with Crippen LogP contribution >= 0.6 is 24.0 Å². The smallest absolute Gasteiger partial charge is 0.191 e. The van der Waals surface area contributed by atoms with Gasteiger partial charge in [-0.15, -0.1) is 24.0 Å². The third kappa shape index (κ3) is 6.86. The molecule has 0 amide bonds. The number of hydrogen-bond donors (Lipinski definition) is 2. The Kier molecular flexibility index (Phi) is 9.37. The maximum absolute atomic E-state index is 4.58. The molecule has 24 heavy (non-hydrogen) atoms. The molecule has 0 radical (unpaired) electrons. The van der Waals surface area contributed by atoms with Gasteiger partial charge in [0.25, 0.3) is 0 Å². The first-order valence-electron chi connectivity index (χ1n) is 8.17. The predicted octanol–water partition coefficient (Wildman–Crippen LogP) is 3.61. The van der Waals surface area contributed by atoms with Crippen molar-refractivity contribution < 1.29 is 0 Å². The molecule has 1 aromatic carbocycles. The molecule has 2 rings (SSSR count). The Morgan fingerprint density at radius 1 is 1.12 bits per heavy atom. The number of nitrogens with zero attached hydrogens (tertiary/aromatic N) is 2. The fourth-order valence-electron chi connectivity index (χ4n) is 2.44. The minimum Gasteiger partial charge on any atom is -0.357 e. The van der Waals surface area contributed by atoms with Gasteiger partial charge in [-0.25, -0.2) is 4.99 Å². The molecule has 2 aromatic rings. The molecule has 0 atom stereocenters. The van der Waals surface area contributed by atoms with Crippen molar-refractivity contribution in [1.82, 2.24) is 15.6 Å². The van der Waals surface area contributed by atoms with E-state index in [1.165, 1.54) is 16.7 Å². The van der Waals surface area contributed by atoms with Crippen molar-refractivity contribution in [1.29, 1.82) is 0 Å². The second kappa shape index (κ2) is 11.0. The molecule has 0 fully saturated rings. The number of hydrogen-bond acceptors (Lipinski definition) is 2. The monoisotopic (exact) mass is 438 g/mol. The van der Waals surface area contributed by atoms with Gasteiger partial charge in [-0.3, -0.25) is 4.98 Å². The van der Waals surface area contributed by atoms with Crippen molar-refractivity contribution in [2.75, 3.05) is 13.1 Å². The summed E-state index contributed by atoms with van der Waals surface area (Å²) in [6.07, 6.45) is 2.78. The number of aromatic nitrogens is 1. The summed E-state index contributed by atoms with van der Waals surface area (Å²) in [4.78, 5) is 8.88. The van der Waals surface area contributed by atoms with Gasteiger partial charge in [0.1, 0.15) is 0 Å². The van der Waals surface area contributed by atoms with E-state index in [1.807, 2.05) is 18.2 Å². The van der Waals surface area contributed by atoms with Crippen LogP contribution in [0, 0.1) is 13.8 Å². The maximum atomic E-state index is 4.58. The van der Waals surface area contributed by atoms with Gasteiger partial charge >= 0.3 is 0 Å². The first-order chi connectivity index (χ1) is 11.2. The van der Waals surface area contributed by atoms with Gasteiger partial charge < -0.3 is 10.6 Å². The van der Waals surface area contributed by atoms with Gasteiger partial charge in [0.2, 0.25) is 0 Å². The van der Waals surface area contributed by atoms with E-state index < -0.39 is 0 Å². The molecule has 0 spiro atoms. The zero-order chi connectivity index (χ0) is 16.5. The lowest BCUT2D eigenvalue weighted by atomic mass is 10.0.